The number of rotatable bonds is 21. The highest BCUT2D eigenvalue weighted by Gasteiger charge is 2.05. The van der Waals surface area contributed by atoms with Crippen molar-refractivity contribution < 1.29 is 0 Å². The van der Waals surface area contributed by atoms with E-state index >= 15 is 0 Å². The van der Waals surface area contributed by atoms with Crippen LogP contribution in [0.3, 0.4) is 0 Å². The van der Waals surface area contributed by atoms with Gasteiger partial charge in [-0.15, -0.1) is 0 Å². The molecule has 0 fully saturated rings. The summed E-state index contributed by atoms with van der Waals surface area (Å²) in [6.07, 6.45) is 29.0. The summed E-state index contributed by atoms with van der Waals surface area (Å²) in [7, 11) is 0. The molecule has 0 saturated heterocycles. The minimum absolute atomic E-state index is 0.902. The van der Waals surface area contributed by atoms with Gasteiger partial charge < -0.3 is 0 Å². The Kier molecular flexibility index (Phi) is 17.2. The van der Waals surface area contributed by atoms with Gasteiger partial charge >= 0.3 is 0 Å². The Morgan fingerprint density at radius 3 is 1.69 bits per heavy atom. The second kappa shape index (κ2) is 20.3. The smallest absolute Gasteiger partial charge is 0.0449 e. The maximum atomic E-state index is 5.62. The van der Waals surface area contributed by atoms with Gasteiger partial charge in [-0.05, 0) is 54.0 Å². The van der Waals surface area contributed by atoms with E-state index in [1.54, 1.807) is 11.1 Å². The van der Waals surface area contributed by atoms with Crippen molar-refractivity contribution in [3.05, 3.63) is 76.9 Å². The molecule has 2 aromatic carbocycles. The molecule has 0 heterocycles. The Morgan fingerprint density at radius 2 is 1.08 bits per heavy atom. The van der Waals surface area contributed by atoms with Crippen LogP contribution in [0.1, 0.15) is 139 Å². The van der Waals surface area contributed by atoms with Crippen LogP contribution in [-0.4, -0.2) is 4.86 Å². The highest BCUT2D eigenvalue weighted by Crippen LogP contribution is 2.20. The molecule has 0 aromatic heterocycles. The third-order valence-electron chi connectivity index (χ3n) is 7.32. The van der Waals surface area contributed by atoms with Gasteiger partial charge in [-0.1, -0.05) is 171 Å². The lowest BCUT2D eigenvalue weighted by molar-refractivity contribution is 0.539. The predicted octanol–water partition coefficient (Wildman–Crippen LogP) is 11.5. The fourth-order valence-electron chi connectivity index (χ4n) is 5.00. The number of unbranched alkanes of at least 4 members (excludes halogenated alkanes) is 14. The van der Waals surface area contributed by atoms with Gasteiger partial charge in [0.05, 0.1) is 0 Å². The van der Waals surface area contributed by atoms with E-state index in [1.165, 1.54) is 121 Å². The van der Waals surface area contributed by atoms with Gasteiger partial charge in [0, 0.05) is 4.86 Å². The zero-order valence-corrected chi connectivity index (χ0v) is 24.2. The average molecular weight is 505 g/mol. The normalized spacial score (nSPS) is 11.4. The third kappa shape index (κ3) is 13.5. The molecule has 0 saturated carbocycles. The third-order valence-corrected chi connectivity index (χ3v) is 7.69. The Bertz CT molecular complexity index is 848. The van der Waals surface area contributed by atoms with Crippen molar-refractivity contribution in [3.63, 3.8) is 0 Å². The average Bonchev–Trinajstić information content (AvgIpc) is 2.91. The molecule has 0 spiro atoms. The summed E-state index contributed by atoms with van der Waals surface area (Å²) in [5, 5.41) is 0. The second-order valence-electron chi connectivity index (χ2n) is 10.5. The molecule has 0 aliphatic rings. The monoisotopic (exact) mass is 504 g/mol. The van der Waals surface area contributed by atoms with Crippen LogP contribution < -0.4 is 0 Å². The van der Waals surface area contributed by atoms with E-state index in [1.807, 2.05) is 18.2 Å². The summed E-state index contributed by atoms with van der Waals surface area (Å²) >= 11 is 5.62. The van der Waals surface area contributed by atoms with Crippen molar-refractivity contribution in [2.45, 2.75) is 129 Å². The van der Waals surface area contributed by atoms with Crippen molar-refractivity contribution >= 4 is 23.2 Å². The van der Waals surface area contributed by atoms with Crippen LogP contribution in [0.2, 0.25) is 0 Å². The maximum Gasteiger partial charge on any atom is 0.0449 e. The molecule has 0 radical (unpaired) electrons. The van der Waals surface area contributed by atoms with Gasteiger partial charge in [0.25, 0.3) is 0 Å². The van der Waals surface area contributed by atoms with Crippen LogP contribution in [0.25, 0.3) is 6.08 Å². The lowest BCUT2D eigenvalue weighted by Crippen LogP contribution is -1.97. The van der Waals surface area contributed by atoms with E-state index in [9.17, 15) is 0 Å². The minimum Gasteiger partial charge on any atom is -0.0795 e. The first kappa shape index (κ1) is 30.5. The summed E-state index contributed by atoms with van der Waals surface area (Å²) in [6, 6.07) is 17.4. The zero-order valence-electron chi connectivity index (χ0n) is 23.4. The second-order valence-corrected chi connectivity index (χ2v) is 11.0. The molecule has 0 atom stereocenters. The summed E-state index contributed by atoms with van der Waals surface area (Å²) in [5.74, 6) is 0. The number of allylic oxidation sites excluding steroid dienone is 1. The fraction of sp³-hybridized carbons (Fsp3) is 0.571. The van der Waals surface area contributed by atoms with Crippen molar-refractivity contribution in [2.24, 2.45) is 0 Å². The molecule has 36 heavy (non-hydrogen) atoms. The van der Waals surface area contributed by atoms with Crippen LogP contribution >= 0.6 is 12.2 Å². The maximum absolute atomic E-state index is 5.62. The summed E-state index contributed by atoms with van der Waals surface area (Å²) in [5.41, 5.74) is 5.51. The van der Waals surface area contributed by atoms with Crippen LogP contribution in [0.5, 0.6) is 0 Å². The molecular formula is C35H52S. The molecule has 2 rings (SSSR count). The van der Waals surface area contributed by atoms with Crippen LogP contribution in [0, 0.1) is 0 Å². The number of hydrogen-bond acceptors (Lipinski definition) is 1. The van der Waals surface area contributed by atoms with Gasteiger partial charge in [-0.2, -0.15) is 0 Å². The number of benzene rings is 2. The Morgan fingerprint density at radius 1 is 0.583 bits per heavy atom. The van der Waals surface area contributed by atoms with Crippen molar-refractivity contribution in [3.8, 4) is 0 Å². The van der Waals surface area contributed by atoms with Crippen molar-refractivity contribution in [2.75, 3.05) is 0 Å². The summed E-state index contributed by atoms with van der Waals surface area (Å²) < 4.78 is 0. The van der Waals surface area contributed by atoms with Crippen molar-refractivity contribution in [1.29, 1.82) is 0 Å². The molecule has 0 aliphatic heterocycles. The first-order valence-corrected chi connectivity index (χ1v) is 15.5. The van der Waals surface area contributed by atoms with Gasteiger partial charge in [-0.3, -0.25) is 0 Å². The minimum atomic E-state index is 0.902. The Balaban J connectivity index is 1.72. The summed E-state index contributed by atoms with van der Waals surface area (Å²) in [6.45, 7) is 4.59. The molecule has 198 valence electrons. The number of thiocarbonyl (C=S) groups is 1. The first-order valence-electron chi connectivity index (χ1n) is 15.1. The van der Waals surface area contributed by atoms with Gasteiger partial charge in [-0.25, -0.2) is 0 Å². The van der Waals surface area contributed by atoms with E-state index in [0.29, 0.717) is 0 Å². The molecule has 2 aromatic rings. The SMILES string of the molecule is CCCCCCCCCCCCCCCc1ccc(C=CC(=S)c2ccccc2)cc1CCCCC. The van der Waals surface area contributed by atoms with Gasteiger partial charge in [0.15, 0.2) is 0 Å². The molecule has 0 unspecified atom stereocenters. The molecule has 1 heteroatoms. The van der Waals surface area contributed by atoms with Crippen LogP contribution in [0.4, 0.5) is 0 Å². The topological polar surface area (TPSA) is 0 Å². The number of aryl methyl sites for hydroxylation is 2. The van der Waals surface area contributed by atoms with E-state index in [4.69, 9.17) is 12.2 Å². The molecular weight excluding hydrogens is 452 g/mol. The predicted molar refractivity (Wildman–Crippen MR) is 166 cm³/mol. The lowest BCUT2D eigenvalue weighted by Gasteiger charge is -2.11. The molecule has 0 nitrogen and oxygen atoms in total. The highest BCUT2D eigenvalue weighted by atomic mass is 32.1. The van der Waals surface area contributed by atoms with E-state index in [-0.39, 0.29) is 0 Å². The molecule has 0 N–H and O–H groups in total. The van der Waals surface area contributed by atoms with E-state index in [2.05, 4.69) is 56.3 Å². The highest BCUT2D eigenvalue weighted by molar-refractivity contribution is 7.81. The molecule has 0 aliphatic carbocycles. The Hall–Kier alpha value is -1.73. The van der Waals surface area contributed by atoms with Crippen molar-refractivity contribution in [1.82, 2.24) is 0 Å². The fourth-order valence-corrected chi connectivity index (χ4v) is 5.20. The van der Waals surface area contributed by atoms with E-state index in [0.717, 1.165) is 10.4 Å². The van der Waals surface area contributed by atoms with Gasteiger partial charge in [0.2, 0.25) is 0 Å². The largest absolute Gasteiger partial charge is 0.0795 e. The standard InChI is InChI=1S/C35H52S/c1-3-5-7-8-9-10-11-12-13-14-15-16-19-22-32-28-26-31(30-34(32)25-18-6-4-2)27-29-35(36)33-23-20-17-21-24-33/h17,20-21,23-24,26-30H,3-16,18-19,22,25H2,1-2H3. The number of hydrogen-bond donors (Lipinski definition) is 0. The molecule has 0 amide bonds. The van der Waals surface area contributed by atoms with Crippen LogP contribution in [0.15, 0.2) is 54.6 Å². The first-order chi connectivity index (χ1) is 17.7. The van der Waals surface area contributed by atoms with Gasteiger partial charge in [0.1, 0.15) is 0 Å². The Labute approximate surface area is 229 Å². The van der Waals surface area contributed by atoms with Crippen LogP contribution in [-0.2, 0) is 12.8 Å². The van der Waals surface area contributed by atoms with E-state index < -0.39 is 0 Å². The lowest BCUT2D eigenvalue weighted by atomic mass is 9.94. The zero-order chi connectivity index (χ0) is 25.7. The quantitative estimate of drug-likeness (QED) is 0.0705. The molecule has 0 bridgehead atoms. The summed E-state index contributed by atoms with van der Waals surface area (Å²) in [4.78, 5) is 0.902.